The van der Waals surface area contributed by atoms with Crippen molar-refractivity contribution in [2.75, 3.05) is 44.7 Å². The molecule has 4 rings (SSSR count). The topological polar surface area (TPSA) is 48.8 Å². The van der Waals surface area contributed by atoms with E-state index in [0.29, 0.717) is 18.7 Å². The van der Waals surface area contributed by atoms with Crippen LogP contribution in [0.15, 0.2) is 24.3 Å². The zero-order chi connectivity index (χ0) is 20.0. The van der Waals surface area contributed by atoms with E-state index in [1.165, 1.54) is 0 Å². The van der Waals surface area contributed by atoms with Crippen molar-refractivity contribution >= 4 is 23.1 Å². The fourth-order valence-corrected chi connectivity index (χ4v) is 4.30. The zero-order valence-corrected chi connectivity index (χ0v) is 17.2. The molecule has 1 saturated heterocycles. The van der Waals surface area contributed by atoms with Gasteiger partial charge in [-0.05, 0) is 38.1 Å². The number of aromatic nitrogens is 1. The van der Waals surface area contributed by atoms with Crippen molar-refractivity contribution in [1.82, 2.24) is 14.4 Å². The summed E-state index contributed by atoms with van der Waals surface area (Å²) in [4.78, 5) is 32.9. The van der Waals surface area contributed by atoms with Gasteiger partial charge in [0.1, 0.15) is 5.69 Å². The van der Waals surface area contributed by atoms with E-state index in [9.17, 15) is 9.59 Å². The number of anilines is 2. The van der Waals surface area contributed by atoms with Crippen LogP contribution in [0.3, 0.4) is 0 Å². The maximum atomic E-state index is 13.6. The predicted octanol–water partition coefficient (Wildman–Crippen LogP) is 2.29. The van der Waals surface area contributed by atoms with Crippen molar-refractivity contribution in [3.8, 4) is 0 Å². The number of likely N-dealkylation sites (N-methyl/N-ethyl adjacent to an activating group) is 1. The molecule has 2 aliphatic heterocycles. The molecule has 1 fully saturated rings. The second kappa shape index (κ2) is 7.18. The van der Waals surface area contributed by atoms with Gasteiger partial charge in [-0.2, -0.15) is 0 Å². The molecule has 0 N–H and O–H groups in total. The van der Waals surface area contributed by atoms with E-state index >= 15 is 0 Å². The number of amides is 1. The number of Topliss-reactive ketones (excluding diaryl/α,β-unsaturated/α-hetero) is 1. The smallest absolute Gasteiger partial charge is 0.245 e. The third-order valence-electron chi connectivity index (χ3n) is 6.24. The van der Waals surface area contributed by atoms with Gasteiger partial charge in [0.05, 0.1) is 17.9 Å². The Kier molecular flexibility index (Phi) is 4.85. The summed E-state index contributed by atoms with van der Waals surface area (Å²) in [5.41, 5.74) is 5.16. The Morgan fingerprint density at radius 3 is 2.43 bits per heavy atom. The van der Waals surface area contributed by atoms with Crippen LogP contribution < -0.4 is 4.90 Å². The number of carbonyl (C=O) groups is 2. The second-order valence-corrected chi connectivity index (χ2v) is 8.00. The summed E-state index contributed by atoms with van der Waals surface area (Å²) in [6, 6.07) is 7.79. The summed E-state index contributed by atoms with van der Waals surface area (Å²) in [6.07, 6.45) is 0.318. The van der Waals surface area contributed by atoms with E-state index in [4.69, 9.17) is 0 Å². The molecule has 2 aromatic rings. The molecular weight excluding hydrogens is 352 g/mol. The molecule has 3 heterocycles. The van der Waals surface area contributed by atoms with Crippen LogP contribution in [0.4, 0.5) is 11.4 Å². The molecule has 0 aliphatic carbocycles. The number of fused-ring (bicyclic) bond motifs is 2. The van der Waals surface area contributed by atoms with Gasteiger partial charge in [-0.25, -0.2) is 0 Å². The van der Waals surface area contributed by atoms with Crippen LogP contribution >= 0.6 is 0 Å². The third-order valence-corrected chi connectivity index (χ3v) is 6.24. The first-order chi connectivity index (χ1) is 13.4. The predicted molar refractivity (Wildman–Crippen MR) is 110 cm³/mol. The molecular formula is C22H28N4O2. The lowest BCUT2D eigenvalue weighted by molar-refractivity contribution is -0.119. The van der Waals surface area contributed by atoms with Crippen LogP contribution in [-0.2, 0) is 18.3 Å². The van der Waals surface area contributed by atoms with Crippen LogP contribution in [0.1, 0.15) is 27.3 Å². The van der Waals surface area contributed by atoms with E-state index in [1.807, 2.05) is 49.7 Å². The van der Waals surface area contributed by atoms with Crippen molar-refractivity contribution in [3.05, 3.63) is 46.8 Å². The van der Waals surface area contributed by atoms with E-state index in [2.05, 4.69) is 16.8 Å². The highest BCUT2D eigenvalue weighted by atomic mass is 16.2. The van der Waals surface area contributed by atoms with Crippen molar-refractivity contribution in [2.24, 2.45) is 7.05 Å². The molecule has 0 spiro atoms. The Morgan fingerprint density at radius 2 is 1.71 bits per heavy atom. The maximum Gasteiger partial charge on any atom is 0.245 e. The maximum absolute atomic E-state index is 13.6. The van der Waals surface area contributed by atoms with Gasteiger partial charge in [-0.3, -0.25) is 19.4 Å². The molecule has 2 aliphatic rings. The molecule has 6 nitrogen and oxygen atoms in total. The highest BCUT2D eigenvalue weighted by Crippen LogP contribution is 2.40. The first-order valence-electron chi connectivity index (χ1n) is 9.89. The second-order valence-electron chi connectivity index (χ2n) is 8.00. The number of benzene rings is 1. The summed E-state index contributed by atoms with van der Waals surface area (Å²) in [5, 5.41) is 0. The van der Waals surface area contributed by atoms with E-state index in [1.54, 1.807) is 4.90 Å². The van der Waals surface area contributed by atoms with Crippen LogP contribution in [0, 0.1) is 13.8 Å². The Hall–Kier alpha value is -2.44. The largest absolute Gasteiger partial charge is 0.344 e. The molecule has 28 heavy (non-hydrogen) atoms. The number of carbonyl (C=O) groups excluding carboxylic acids is 2. The molecule has 6 heteroatoms. The van der Waals surface area contributed by atoms with E-state index in [-0.39, 0.29) is 11.7 Å². The van der Waals surface area contributed by atoms with Crippen LogP contribution in [0.25, 0.3) is 0 Å². The minimum Gasteiger partial charge on any atom is -0.344 e. The number of nitrogens with zero attached hydrogens (tertiary/aromatic N) is 4. The van der Waals surface area contributed by atoms with Gasteiger partial charge in [-0.15, -0.1) is 0 Å². The number of hydrogen-bond donors (Lipinski definition) is 0. The van der Waals surface area contributed by atoms with Crippen molar-refractivity contribution in [2.45, 2.75) is 20.3 Å². The molecule has 148 valence electrons. The first kappa shape index (κ1) is 18.9. The number of rotatable bonds is 2. The number of ketones is 1. The molecule has 0 unspecified atom stereocenters. The number of para-hydroxylation sites is 1. The van der Waals surface area contributed by atoms with Gasteiger partial charge in [0.2, 0.25) is 5.91 Å². The van der Waals surface area contributed by atoms with Gasteiger partial charge in [-0.1, -0.05) is 18.2 Å². The highest BCUT2D eigenvalue weighted by Gasteiger charge is 2.35. The lowest BCUT2D eigenvalue weighted by Crippen LogP contribution is -2.48. The van der Waals surface area contributed by atoms with E-state index < -0.39 is 0 Å². The average molecular weight is 380 g/mol. The summed E-state index contributed by atoms with van der Waals surface area (Å²) in [5.74, 6) is 0.0951. The minimum absolute atomic E-state index is 0.0293. The van der Waals surface area contributed by atoms with Crippen LogP contribution in [0.2, 0.25) is 0 Å². The molecule has 1 aromatic carbocycles. The van der Waals surface area contributed by atoms with Crippen LogP contribution in [-0.4, -0.2) is 65.8 Å². The Morgan fingerprint density at radius 1 is 1.04 bits per heavy atom. The van der Waals surface area contributed by atoms with Crippen molar-refractivity contribution < 1.29 is 9.59 Å². The molecule has 0 saturated carbocycles. The van der Waals surface area contributed by atoms with E-state index in [0.717, 1.165) is 54.4 Å². The standard InChI is InChI=1S/C22H28N4O2/c1-15-16(2)24(4)22-19(27)13-17-7-5-6-8-18(17)26(21(15)22)20(28)14-25-11-9-23(3)10-12-25/h5-8H,9-14H2,1-4H3. The fourth-order valence-electron chi connectivity index (χ4n) is 4.30. The summed E-state index contributed by atoms with van der Waals surface area (Å²) < 4.78 is 1.94. The van der Waals surface area contributed by atoms with Crippen molar-refractivity contribution in [3.63, 3.8) is 0 Å². The number of piperazine rings is 1. The fraction of sp³-hybridized carbons (Fsp3) is 0.455. The van der Waals surface area contributed by atoms with Gasteiger partial charge >= 0.3 is 0 Å². The van der Waals surface area contributed by atoms with Crippen LogP contribution in [0.5, 0.6) is 0 Å². The molecule has 0 radical (unpaired) electrons. The van der Waals surface area contributed by atoms with Gasteiger partial charge in [0.15, 0.2) is 5.78 Å². The van der Waals surface area contributed by atoms with Gasteiger partial charge in [0, 0.05) is 45.3 Å². The lowest BCUT2D eigenvalue weighted by atomic mass is 10.1. The summed E-state index contributed by atoms with van der Waals surface area (Å²) in [6.45, 7) is 8.09. The summed E-state index contributed by atoms with van der Waals surface area (Å²) in [7, 11) is 4.02. The monoisotopic (exact) mass is 380 g/mol. The zero-order valence-electron chi connectivity index (χ0n) is 17.2. The Bertz CT molecular complexity index is 938. The quantitative estimate of drug-likeness (QED) is 0.802. The average Bonchev–Trinajstić information content (AvgIpc) is 2.82. The first-order valence-corrected chi connectivity index (χ1v) is 9.89. The Balaban J connectivity index is 1.79. The molecule has 1 aromatic heterocycles. The van der Waals surface area contributed by atoms with Gasteiger partial charge in [0.25, 0.3) is 0 Å². The normalized spacial score (nSPS) is 18.0. The SMILES string of the molecule is Cc1c2c(n(C)c1C)C(=O)Cc1ccccc1N2C(=O)CN1CCN(C)CC1. The molecule has 1 amide bonds. The highest BCUT2D eigenvalue weighted by molar-refractivity contribution is 6.13. The number of hydrogen-bond acceptors (Lipinski definition) is 4. The third kappa shape index (κ3) is 3.06. The van der Waals surface area contributed by atoms with Crippen molar-refractivity contribution in [1.29, 1.82) is 0 Å². The summed E-state index contributed by atoms with van der Waals surface area (Å²) >= 11 is 0. The molecule has 0 bridgehead atoms. The van der Waals surface area contributed by atoms with Gasteiger partial charge < -0.3 is 9.47 Å². The molecule has 0 atom stereocenters. The lowest BCUT2D eigenvalue weighted by Gasteiger charge is -2.33. The Labute approximate surface area is 166 Å². The minimum atomic E-state index is 0.0293.